The minimum atomic E-state index is -0.761. The van der Waals surface area contributed by atoms with Crippen LogP contribution in [0.5, 0.6) is 0 Å². The molecule has 0 spiro atoms. The second kappa shape index (κ2) is 8.59. The summed E-state index contributed by atoms with van der Waals surface area (Å²) < 4.78 is 0. The summed E-state index contributed by atoms with van der Waals surface area (Å²) in [6.45, 7) is 8.98. The molecular weight excluding hydrogens is 290 g/mol. The summed E-state index contributed by atoms with van der Waals surface area (Å²) in [5, 5.41) is 3.03. The fourth-order valence-corrected chi connectivity index (χ4v) is 2.58. The number of halogens is 1. The average Bonchev–Trinajstić information content (AvgIpc) is 2.38. The number of carbonyl (C=O) groups excluding carboxylic acids is 2. The van der Waals surface area contributed by atoms with Gasteiger partial charge in [0.15, 0.2) is 0 Å². The van der Waals surface area contributed by atoms with Crippen LogP contribution in [-0.4, -0.2) is 41.4 Å². The van der Waals surface area contributed by atoms with Crippen LogP contribution in [0.2, 0.25) is 0 Å². The van der Waals surface area contributed by atoms with E-state index in [1.54, 1.807) is 0 Å². The Balaban J connectivity index is 0.00000400. The summed E-state index contributed by atoms with van der Waals surface area (Å²) in [7, 11) is 0. The van der Waals surface area contributed by atoms with E-state index in [2.05, 4.69) is 5.32 Å². The number of likely N-dealkylation sites (tertiary alicyclic amines) is 1. The average molecular weight is 320 g/mol. The van der Waals surface area contributed by atoms with E-state index in [0.29, 0.717) is 19.5 Å². The highest BCUT2D eigenvalue weighted by atomic mass is 35.5. The second-order valence-electron chi connectivity index (χ2n) is 6.40. The molecule has 0 bridgehead atoms. The predicted molar refractivity (Wildman–Crippen MR) is 87.3 cm³/mol. The number of nitrogens with two attached hydrogens (primary N) is 1. The second-order valence-corrected chi connectivity index (χ2v) is 6.40. The SMILES string of the molecule is CCCC(C)(N)C(=O)N1CCC(NC(=O)C(C)C)CC1.Cl. The van der Waals surface area contributed by atoms with E-state index in [1.165, 1.54) is 0 Å². The van der Waals surface area contributed by atoms with Gasteiger partial charge in [-0.2, -0.15) is 0 Å². The number of rotatable bonds is 5. The highest BCUT2D eigenvalue weighted by Gasteiger charge is 2.34. The number of amides is 2. The van der Waals surface area contributed by atoms with Crippen LogP contribution in [0, 0.1) is 5.92 Å². The van der Waals surface area contributed by atoms with Crippen molar-refractivity contribution in [1.29, 1.82) is 0 Å². The van der Waals surface area contributed by atoms with Gasteiger partial charge in [-0.1, -0.05) is 27.2 Å². The quantitative estimate of drug-likeness (QED) is 0.809. The van der Waals surface area contributed by atoms with Crippen LogP contribution in [0.3, 0.4) is 0 Å². The minimum Gasteiger partial charge on any atom is -0.353 e. The Kier molecular flexibility index (Phi) is 8.26. The van der Waals surface area contributed by atoms with Gasteiger partial charge >= 0.3 is 0 Å². The fourth-order valence-electron chi connectivity index (χ4n) is 2.58. The van der Waals surface area contributed by atoms with E-state index < -0.39 is 5.54 Å². The largest absolute Gasteiger partial charge is 0.353 e. The number of piperidine rings is 1. The number of hydrogen-bond acceptors (Lipinski definition) is 3. The Labute approximate surface area is 134 Å². The molecule has 0 aromatic rings. The van der Waals surface area contributed by atoms with E-state index in [-0.39, 0.29) is 36.2 Å². The van der Waals surface area contributed by atoms with Crippen LogP contribution in [0.15, 0.2) is 0 Å². The molecular formula is C15H30ClN3O2. The number of nitrogens with zero attached hydrogens (tertiary/aromatic N) is 1. The normalized spacial score (nSPS) is 18.9. The lowest BCUT2D eigenvalue weighted by atomic mass is 9.94. The predicted octanol–water partition coefficient (Wildman–Crippen LogP) is 1.69. The lowest BCUT2D eigenvalue weighted by Gasteiger charge is -2.37. The molecule has 0 aromatic carbocycles. The summed E-state index contributed by atoms with van der Waals surface area (Å²) in [4.78, 5) is 25.9. The van der Waals surface area contributed by atoms with Gasteiger partial charge in [0.25, 0.3) is 0 Å². The van der Waals surface area contributed by atoms with E-state index >= 15 is 0 Å². The molecule has 1 aliphatic heterocycles. The van der Waals surface area contributed by atoms with Gasteiger partial charge in [-0.15, -0.1) is 12.4 Å². The molecule has 3 N–H and O–H groups in total. The van der Waals surface area contributed by atoms with Crippen molar-refractivity contribution >= 4 is 24.2 Å². The summed E-state index contributed by atoms with van der Waals surface area (Å²) >= 11 is 0. The maximum atomic E-state index is 12.4. The number of carbonyl (C=O) groups is 2. The molecule has 6 heteroatoms. The summed E-state index contributed by atoms with van der Waals surface area (Å²) in [5.74, 6) is 0.129. The molecule has 1 atom stereocenters. The summed E-state index contributed by atoms with van der Waals surface area (Å²) in [5.41, 5.74) is 5.33. The van der Waals surface area contributed by atoms with Gasteiger partial charge < -0.3 is 16.0 Å². The molecule has 124 valence electrons. The van der Waals surface area contributed by atoms with Crippen molar-refractivity contribution in [2.45, 2.75) is 65.0 Å². The van der Waals surface area contributed by atoms with Gasteiger partial charge in [0.2, 0.25) is 11.8 Å². The summed E-state index contributed by atoms with van der Waals surface area (Å²) in [6.07, 6.45) is 3.23. The molecule has 0 aromatic heterocycles. The van der Waals surface area contributed by atoms with Crippen molar-refractivity contribution in [2.24, 2.45) is 11.7 Å². The third-order valence-electron chi connectivity index (χ3n) is 3.91. The van der Waals surface area contributed by atoms with Crippen LogP contribution in [0.25, 0.3) is 0 Å². The Hall–Kier alpha value is -0.810. The van der Waals surface area contributed by atoms with Gasteiger partial charge in [-0.25, -0.2) is 0 Å². The van der Waals surface area contributed by atoms with Gasteiger partial charge in [0.1, 0.15) is 0 Å². The molecule has 0 aliphatic carbocycles. The third kappa shape index (κ3) is 5.83. The molecule has 1 fully saturated rings. The van der Waals surface area contributed by atoms with Crippen LogP contribution in [-0.2, 0) is 9.59 Å². The van der Waals surface area contributed by atoms with Crippen molar-refractivity contribution in [3.8, 4) is 0 Å². The zero-order chi connectivity index (χ0) is 15.3. The van der Waals surface area contributed by atoms with Crippen LogP contribution in [0.4, 0.5) is 0 Å². The van der Waals surface area contributed by atoms with Crippen molar-refractivity contribution in [3.05, 3.63) is 0 Å². The molecule has 1 saturated heterocycles. The monoisotopic (exact) mass is 319 g/mol. The highest BCUT2D eigenvalue weighted by molar-refractivity contribution is 5.86. The third-order valence-corrected chi connectivity index (χ3v) is 3.91. The van der Waals surface area contributed by atoms with Gasteiger partial charge in [-0.05, 0) is 26.2 Å². The van der Waals surface area contributed by atoms with Gasteiger partial charge in [0.05, 0.1) is 5.54 Å². The van der Waals surface area contributed by atoms with Crippen molar-refractivity contribution < 1.29 is 9.59 Å². The molecule has 1 rings (SSSR count). The molecule has 1 heterocycles. The van der Waals surface area contributed by atoms with E-state index in [9.17, 15) is 9.59 Å². The maximum Gasteiger partial charge on any atom is 0.242 e. The molecule has 1 aliphatic rings. The molecule has 21 heavy (non-hydrogen) atoms. The van der Waals surface area contributed by atoms with Gasteiger partial charge in [-0.3, -0.25) is 9.59 Å². The first-order valence-corrected chi connectivity index (χ1v) is 7.66. The molecule has 0 saturated carbocycles. The number of nitrogens with one attached hydrogen (secondary N) is 1. The van der Waals surface area contributed by atoms with Gasteiger partial charge in [0, 0.05) is 25.0 Å². The topological polar surface area (TPSA) is 75.4 Å². The lowest BCUT2D eigenvalue weighted by Crippen LogP contribution is -2.56. The van der Waals surface area contributed by atoms with Crippen LogP contribution in [0.1, 0.15) is 53.4 Å². The molecule has 2 amide bonds. The first kappa shape index (κ1) is 20.2. The van der Waals surface area contributed by atoms with E-state index in [1.807, 2.05) is 32.6 Å². The Morgan fingerprint density at radius 3 is 2.29 bits per heavy atom. The lowest BCUT2D eigenvalue weighted by molar-refractivity contribution is -0.138. The van der Waals surface area contributed by atoms with Crippen LogP contribution < -0.4 is 11.1 Å². The number of hydrogen-bond donors (Lipinski definition) is 2. The Morgan fingerprint density at radius 1 is 1.33 bits per heavy atom. The molecule has 0 radical (unpaired) electrons. The molecule has 1 unspecified atom stereocenters. The Bertz CT molecular complexity index is 351. The minimum absolute atomic E-state index is 0. The highest BCUT2D eigenvalue weighted by Crippen LogP contribution is 2.18. The fraction of sp³-hybridized carbons (Fsp3) is 0.867. The van der Waals surface area contributed by atoms with Crippen LogP contribution >= 0.6 is 12.4 Å². The van der Waals surface area contributed by atoms with Crippen molar-refractivity contribution in [3.63, 3.8) is 0 Å². The zero-order valence-corrected chi connectivity index (χ0v) is 14.5. The molecule has 5 nitrogen and oxygen atoms in total. The Morgan fingerprint density at radius 2 is 1.86 bits per heavy atom. The first-order valence-electron chi connectivity index (χ1n) is 7.66. The maximum absolute atomic E-state index is 12.4. The smallest absolute Gasteiger partial charge is 0.242 e. The first-order chi connectivity index (χ1) is 9.27. The van der Waals surface area contributed by atoms with Crippen molar-refractivity contribution in [1.82, 2.24) is 10.2 Å². The zero-order valence-electron chi connectivity index (χ0n) is 13.6. The summed E-state index contributed by atoms with van der Waals surface area (Å²) in [6, 6.07) is 0.184. The standard InChI is InChI=1S/C15H29N3O2.ClH/c1-5-8-15(4,16)14(20)18-9-6-12(7-10-18)17-13(19)11(2)3;/h11-12H,5-10,16H2,1-4H3,(H,17,19);1H. The van der Waals surface area contributed by atoms with E-state index in [0.717, 1.165) is 19.3 Å². The van der Waals surface area contributed by atoms with E-state index in [4.69, 9.17) is 5.73 Å². The van der Waals surface area contributed by atoms with Crippen molar-refractivity contribution in [2.75, 3.05) is 13.1 Å².